The maximum atomic E-state index is 7.82. The maximum Gasteiger partial charge on any atom is 0.214 e. The third-order valence-corrected chi connectivity index (χ3v) is 6.15. The Morgan fingerprint density at radius 2 is 1.94 bits per heavy atom. The number of ether oxygens (including phenoxy) is 2. The molecule has 3 aromatic rings. The van der Waals surface area contributed by atoms with Gasteiger partial charge in [0.1, 0.15) is 18.0 Å². The van der Waals surface area contributed by atoms with Crippen LogP contribution in [0.4, 0.5) is 17.5 Å². The third-order valence-electron chi connectivity index (χ3n) is 5.30. The summed E-state index contributed by atoms with van der Waals surface area (Å²) in [6.07, 6.45) is 4.26. The largest absolute Gasteiger partial charge is 0.481 e. The lowest BCUT2D eigenvalue weighted by molar-refractivity contribution is 0.0391. The van der Waals surface area contributed by atoms with Crippen LogP contribution >= 0.6 is 11.9 Å². The zero-order chi connectivity index (χ0) is 25.0. The molecule has 0 bridgehead atoms. The minimum absolute atomic E-state index is 0.401. The summed E-state index contributed by atoms with van der Waals surface area (Å²) in [5.41, 5.74) is 4.29. The fourth-order valence-electron chi connectivity index (χ4n) is 3.39. The van der Waals surface area contributed by atoms with Crippen molar-refractivity contribution in [3.8, 4) is 5.88 Å². The molecule has 0 spiro atoms. The first-order valence-corrected chi connectivity index (χ1v) is 12.3. The van der Waals surface area contributed by atoms with E-state index < -0.39 is 0 Å². The molecule has 36 heavy (non-hydrogen) atoms. The number of pyridine rings is 1. The van der Waals surface area contributed by atoms with Crippen molar-refractivity contribution in [1.29, 1.82) is 5.41 Å². The van der Waals surface area contributed by atoms with E-state index in [9.17, 15) is 0 Å². The Bertz CT molecular complexity index is 1150. The number of hydrazone groups is 1. The first-order chi connectivity index (χ1) is 17.7. The van der Waals surface area contributed by atoms with Crippen molar-refractivity contribution in [2.45, 2.75) is 4.90 Å². The van der Waals surface area contributed by atoms with Crippen LogP contribution in [0.1, 0.15) is 11.1 Å². The van der Waals surface area contributed by atoms with E-state index in [2.05, 4.69) is 40.4 Å². The van der Waals surface area contributed by atoms with E-state index in [0.29, 0.717) is 28.9 Å². The molecule has 1 saturated heterocycles. The first-order valence-electron chi connectivity index (χ1n) is 11.5. The average Bonchev–Trinajstić information content (AvgIpc) is 2.93. The molecule has 1 aliphatic rings. The molecular formula is C24H29N9O2S. The number of hydrogen-bond acceptors (Lipinski definition) is 12. The topological polar surface area (TPSA) is 133 Å². The zero-order valence-corrected chi connectivity index (χ0v) is 20.8. The van der Waals surface area contributed by atoms with E-state index in [1.807, 2.05) is 30.3 Å². The van der Waals surface area contributed by atoms with E-state index in [1.165, 1.54) is 12.5 Å². The summed E-state index contributed by atoms with van der Waals surface area (Å²) >= 11 is 1.62. The SMILES string of the molecule is COc1cccc(Nc2ncnc(N/N=C/c3ccc(SNCCN4CCOCC4)cc3)c2C=N)n1. The Morgan fingerprint density at radius 3 is 2.72 bits per heavy atom. The predicted molar refractivity (Wildman–Crippen MR) is 143 cm³/mol. The Labute approximate surface area is 214 Å². The van der Waals surface area contributed by atoms with Gasteiger partial charge in [0, 0.05) is 43.4 Å². The van der Waals surface area contributed by atoms with Gasteiger partial charge < -0.3 is 20.2 Å². The van der Waals surface area contributed by atoms with Gasteiger partial charge in [-0.05, 0) is 35.7 Å². The van der Waals surface area contributed by atoms with Crippen LogP contribution in [0.3, 0.4) is 0 Å². The van der Waals surface area contributed by atoms with Crippen molar-refractivity contribution in [3.05, 3.63) is 59.9 Å². The van der Waals surface area contributed by atoms with Gasteiger partial charge in [-0.3, -0.25) is 15.0 Å². The van der Waals surface area contributed by atoms with Crippen molar-refractivity contribution >= 4 is 41.8 Å². The minimum Gasteiger partial charge on any atom is -0.481 e. The summed E-state index contributed by atoms with van der Waals surface area (Å²) in [5.74, 6) is 1.85. The van der Waals surface area contributed by atoms with Crippen LogP contribution in [-0.2, 0) is 4.74 Å². The van der Waals surface area contributed by atoms with Crippen LogP contribution in [0, 0.1) is 5.41 Å². The molecule has 0 radical (unpaired) electrons. The van der Waals surface area contributed by atoms with Gasteiger partial charge >= 0.3 is 0 Å². The lowest BCUT2D eigenvalue weighted by atomic mass is 10.2. The van der Waals surface area contributed by atoms with Crippen LogP contribution in [0.5, 0.6) is 5.88 Å². The molecule has 4 N–H and O–H groups in total. The molecule has 188 valence electrons. The van der Waals surface area contributed by atoms with Crippen LogP contribution in [-0.4, -0.2) is 78.8 Å². The van der Waals surface area contributed by atoms with Crippen molar-refractivity contribution in [2.75, 3.05) is 57.2 Å². The molecule has 1 aromatic carbocycles. The van der Waals surface area contributed by atoms with Gasteiger partial charge in [0.25, 0.3) is 0 Å². The number of rotatable bonds is 12. The smallest absolute Gasteiger partial charge is 0.214 e. The first kappa shape index (κ1) is 25.5. The fraction of sp³-hybridized carbons (Fsp3) is 0.292. The monoisotopic (exact) mass is 507 g/mol. The highest BCUT2D eigenvalue weighted by Crippen LogP contribution is 2.22. The van der Waals surface area contributed by atoms with Crippen LogP contribution in [0.25, 0.3) is 0 Å². The highest BCUT2D eigenvalue weighted by Gasteiger charge is 2.11. The van der Waals surface area contributed by atoms with Gasteiger partial charge in [-0.2, -0.15) is 10.1 Å². The molecule has 0 saturated carbocycles. The standard InChI is InChI=1S/C24H29N9O2S/c1-34-22-4-2-3-21(30-22)31-23-20(15-25)24(27-17-26-23)32-28-16-18-5-7-19(8-6-18)36-29-9-10-33-11-13-35-14-12-33/h2-8,15-17,25,29H,9-14H2,1H3,(H2,26,27,30,31,32)/b25-15?,28-16+. The van der Waals surface area contributed by atoms with Crippen LogP contribution in [0.15, 0.2) is 58.8 Å². The summed E-state index contributed by atoms with van der Waals surface area (Å²) in [7, 11) is 1.55. The van der Waals surface area contributed by atoms with Gasteiger partial charge in [0.15, 0.2) is 5.82 Å². The molecular weight excluding hydrogens is 478 g/mol. The zero-order valence-electron chi connectivity index (χ0n) is 20.0. The summed E-state index contributed by atoms with van der Waals surface area (Å²) in [5, 5.41) is 15.2. The summed E-state index contributed by atoms with van der Waals surface area (Å²) in [6, 6.07) is 13.4. The van der Waals surface area contributed by atoms with E-state index >= 15 is 0 Å². The molecule has 0 atom stereocenters. The number of hydrogen-bond donors (Lipinski definition) is 4. The second-order valence-electron chi connectivity index (χ2n) is 7.71. The number of anilines is 3. The van der Waals surface area contributed by atoms with E-state index in [-0.39, 0.29) is 0 Å². The number of nitrogens with one attached hydrogen (secondary N) is 4. The Morgan fingerprint density at radius 1 is 1.14 bits per heavy atom. The van der Waals surface area contributed by atoms with E-state index in [4.69, 9.17) is 14.9 Å². The predicted octanol–water partition coefficient (Wildman–Crippen LogP) is 3.00. The molecule has 2 aromatic heterocycles. The second-order valence-corrected chi connectivity index (χ2v) is 8.67. The number of aromatic nitrogens is 3. The average molecular weight is 508 g/mol. The molecule has 1 fully saturated rings. The number of methoxy groups -OCH3 is 1. The quantitative estimate of drug-likeness (QED) is 0.125. The number of morpholine rings is 1. The Hall–Kier alpha value is -3.58. The highest BCUT2D eigenvalue weighted by molar-refractivity contribution is 7.97. The van der Waals surface area contributed by atoms with E-state index in [0.717, 1.165) is 49.9 Å². The van der Waals surface area contributed by atoms with Gasteiger partial charge in [0.05, 0.1) is 32.1 Å². The fourth-order valence-corrected chi connectivity index (χ4v) is 4.03. The lowest BCUT2D eigenvalue weighted by Crippen LogP contribution is -2.39. The highest BCUT2D eigenvalue weighted by atomic mass is 32.2. The van der Waals surface area contributed by atoms with Gasteiger partial charge in [-0.25, -0.2) is 9.97 Å². The Kier molecular flexibility index (Phi) is 9.56. The van der Waals surface area contributed by atoms with Gasteiger partial charge in [-0.1, -0.05) is 18.2 Å². The van der Waals surface area contributed by atoms with Crippen molar-refractivity contribution in [1.82, 2.24) is 24.6 Å². The lowest BCUT2D eigenvalue weighted by Gasteiger charge is -2.26. The molecule has 12 heteroatoms. The summed E-state index contributed by atoms with van der Waals surface area (Å²) < 4.78 is 13.9. The van der Waals surface area contributed by atoms with Crippen molar-refractivity contribution < 1.29 is 9.47 Å². The molecule has 4 rings (SSSR count). The van der Waals surface area contributed by atoms with E-state index in [1.54, 1.807) is 37.4 Å². The number of nitrogens with zero attached hydrogens (tertiary/aromatic N) is 5. The summed E-state index contributed by atoms with van der Waals surface area (Å²) in [6.45, 7) is 5.58. The third kappa shape index (κ3) is 7.46. The van der Waals surface area contributed by atoms with Gasteiger partial charge in [-0.15, -0.1) is 0 Å². The van der Waals surface area contributed by atoms with Gasteiger partial charge in [0.2, 0.25) is 5.88 Å². The molecule has 0 amide bonds. The second kappa shape index (κ2) is 13.5. The van der Waals surface area contributed by atoms with Crippen molar-refractivity contribution in [2.24, 2.45) is 5.10 Å². The normalized spacial score (nSPS) is 14.0. The van der Waals surface area contributed by atoms with Crippen molar-refractivity contribution in [3.63, 3.8) is 0 Å². The molecule has 11 nitrogen and oxygen atoms in total. The molecule has 0 aliphatic carbocycles. The maximum absolute atomic E-state index is 7.82. The minimum atomic E-state index is 0.401. The summed E-state index contributed by atoms with van der Waals surface area (Å²) in [4.78, 5) is 16.3. The van der Waals surface area contributed by atoms with Crippen LogP contribution in [0.2, 0.25) is 0 Å². The molecule has 3 heterocycles. The number of benzene rings is 1. The molecule has 0 unspecified atom stereocenters. The molecule has 1 aliphatic heterocycles. The van der Waals surface area contributed by atoms with Crippen LogP contribution < -0.4 is 20.2 Å². The Balaban J connectivity index is 1.29.